The Kier molecular flexibility index (Phi) is 6.17. The fourth-order valence-electron chi connectivity index (χ4n) is 2.16. The highest BCUT2D eigenvalue weighted by atomic mass is 32.1. The molecule has 0 bridgehead atoms. The van der Waals surface area contributed by atoms with Crippen molar-refractivity contribution in [1.82, 2.24) is 0 Å². The Hall–Kier alpha value is -2.38. The van der Waals surface area contributed by atoms with Gasteiger partial charge in [0.1, 0.15) is 11.4 Å². The highest BCUT2D eigenvalue weighted by molar-refractivity contribution is 7.80. The molecule has 2 rings (SSSR count). The predicted octanol–water partition coefficient (Wildman–Crippen LogP) is 4.61. The van der Waals surface area contributed by atoms with Gasteiger partial charge in [-0.1, -0.05) is 30.1 Å². The maximum atomic E-state index is 11.7. The number of allylic oxidation sites excluding steroid dienone is 4. The zero-order chi connectivity index (χ0) is 18.4. The molecule has 1 aliphatic carbocycles. The summed E-state index contributed by atoms with van der Waals surface area (Å²) in [6.07, 6.45) is 4.63. The molecule has 1 aromatic rings. The average Bonchev–Trinajstić information content (AvgIpc) is 2.55. The Morgan fingerprint density at radius 1 is 1.20 bits per heavy atom. The van der Waals surface area contributed by atoms with Crippen LogP contribution in [0, 0.1) is 11.8 Å². The topological polar surface area (TPSA) is 35.5 Å². The molecule has 1 aromatic carbocycles. The smallest absolute Gasteiger partial charge is 0.338 e. The van der Waals surface area contributed by atoms with Crippen LogP contribution in [-0.4, -0.2) is 23.0 Å². The van der Waals surface area contributed by atoms with Crippen LogP contribution in [0.4, 0.5) is 0 Å². The zero-order valence-electron chi connectivity index (χ0n) is 15.0. The molecule has 4 heteroatoms. The number of thiocarbonyl (C=S) groups is 1. The van der Waals surface area contributed by atoms with Gasteiger partial charge < -0.3 is 9.47 Å². The van der Waals surface area contributed by atoms with Crippen molar-refractivity contribution >= 4 is 23.1 Å². The molecule has 0 unspecified atom stereocenters. The molecular weight excluding hydrogens is 332 g/mol. The molecule has 0 radical (unpaired) electrons. The van der Waals surface area contributed by atoms with Crippen LogP contribution in [0.3, 0.4) is 0 Å². The minimum Gasteiger partial charge on any atom is -0.486 e. The zero-order valence-corrected chi connectivity index (χ0v) is 15.8. The third-order valence-corrected chi connectivity index (χ3v) is 3.58. The van der Waals surface area contributed by atoms with E-state index in [2.05, 4.69) is 11.8 Å². The number of esters is 1. The lowest BCUT2D eigenvalue weighted by Gasteiger charge is -2.25. The normalized spacial score (nSPS) is 14.0. The van der Waals surface area contributed by atoms with Gasteiger partial charge >= 0.3 is 5.97 Å². The van der Waals surface area contributed by atoms with Crippen LogP contribution in [0.2, 0.25) is 0 Å². The molecule has 0 heterocycles. The van der Waals surface area contributed by atoms with Crippen molar-refractivity contribution in [3.8, 4) is 11.8 Å². The summed E-state index contributed by atoms with van der Waals surface area (Å²) in [6.45, 7) is 8.10. The lowest BCUT2D eigenvalue weighted by atomic mass is 10.0. The van der Waals surface area contributed by atoms with Gasteiger partial charge in [-0.3, -0.25) is 0 Å². The maximum Gasteiger partial charge on any atom is 0.338 e. The molecule has 0 fully saturated rings. The largest absolute Gasteiger partial charge is 0.486 e. The van der Waals surface area contributed by atoms with E-state index in [0.717, 1.165) is 16.0 Å². The molecule has 0 N–H and O–H groups in total. The van der Waals surface area contributed by atoms with Crippen LogP contribution in [0.25, 0.3) is 0 Å². The lowest BCUT2D eigenvalue weighted by molar-refractivity contribution is 0.0526. The monoisotopic (exact) mass is 354 g/mol. The van der Waals surface area contributed by atoms with Gasteiger partial charge in [0.05, 0.1) is 22.6 Å². The van der Waals surface area contributed by atoms with Crippen LogP contribution in [0.1, 0.15) is 50.0 Å². The van der Waals surface area contributed by atoms with Crippen molar-refractivity contribution in [1.29, 1.82) is 0 Å². The van der Waals surface area contributed by atoms with Crippen molar-refractivity contribution < 1.29 is 14.3 Å². The van der Waals surface area contributed by atoms with Crippen LogP contribution in [0.5, 0.6) is 0 Å². The molecule has 0 amide bonds. The second kappa shape index (κ2) is 8.13. The van der Waals surface area contributed by atoms with Gasteiger partial charge in [-0.2, -0.15) is 0 Å². The number of carbonyl (C=O) groups is 1. The fraction of sp³-hybridized carbons (Fsp3) is 0.333. The SMILES string of the molecule is CCOC(=O)c1ccc(C#CC2=C(OC(C)(C)C)C(=S)CC=C2)cc1. The molecule has 0 spiro atoms. The van der Waals surface area contributed by atoms with Gasteiger partial charge in [-0.05, 0) is 58.0 Å². The highest BCUT2D eigenvalue weighted by Gasteiger charge is 2.20. The van der Waals surface area contributed by atoms with E-state index in [0.29, 0.717) is 24.4 Å². The number of ether oxygens (including phenoxy) is 2. The Morgan fingerprint density at radius 3 is 2.48 bits per heavy atom. The van der Waals surface area contributed by atoms with Crippen LogP contribution < -0.4 is 0 Å². The van der Waals surface area contributed by atoms with E-state index in [-0.39, 0.29) is 11.6 Å². The summed E-state index contributed by atoms with van der Waals surface area (Å²) in [5.74, 6) is 6.58. The average molecular weight is 354 g/mol. The Labute approximate surface area is 154 Å². The van der Waals surface area contributed by atoms with Gasteiger partial charge in [0.25, 0.3) is 0 Å². The first-order valence-corrected chi connectivity index (χ1v) is 8.63. The first-order valence-electron chi connectivity index (χ1n) is 8.22. The molecule has 0 aromatic heterocycles. The number of hydrogen-bond acceptors (Lipinski definition) is 4. The van der Waals surface area contributed by atoms with Crippen LogP contribution >= 0.6 is 12.2 Å². The van der Waals surface area contributed by atoms with Gasteiger partial charge in [0.15, 0.2) is 0 Å². The molecule has 0 atom stereocenters. The Bertz CT molecular complexity index is 781. The second-order valence-corrected chi connectivity index (χ2v) is 7.03. The van der Waals surface area contributed by atoms with E-state index in [1.54, 1.807) is 31.2 Å². The van der Waals surface area contributed by atoms with E-state index in [1.165, 1.54) is 0 Å². The first-order chi connectivity index (χ1) is 11.8. The van der Waals surface area contributed by atoms with E-state index in [4.69, 9.17) is 21.7 Å². The minimum absolute atomic E-state index is 0.328. The fourth-order valence-corrected chi connectivity index (χ4v) is 2.41. The summed E-state index contributed by atoms with van der Waals surface area (Å²) >= 11 is 5.42. The summed E-state index contributed by atoms with van der Waals surface area (Å²) in [5.41, 5.74) is 1.77. The van der Waals surface area contributed by atoms with Crippen molar-refractivity contribution in [2.75, 3.05) is 6.61 Å². The number of hydrogen-bond donors (Lipinski definition) is 0. The van der Waals surface area contributed by atoms with Gasteiger partial charge in [-0.25, -0.2) is 4.79 Å². The Morgan fingerprint density at radius 2 is 1.88 bits per heavy atom. The summed E-state index contributed by atoms with van der Waals surface area (Å²) in [5, 5.41) is 0. The summed E-state index contributed by atoms with van der Waals surface area (Å²) in [6, 6.07) is 7.03. The molecule has 3 nitrogen and oxygen atoms in total. The maximum absolute atomic E-state index is 11.7. The molecule has 25 heavy (non-hydrogen) atoms. The number of benzene rings is 1. The van der Waals surface area contributed by atoms with E-state index in [1.807, 2.05) is 32.9 Å². The Balaban J connectivity index is 2.25. The standard InChI is InChI=1S/C21H22O3S/c1-5-23-20(22)17-13-10-15(11-14-17)9-12-16-7-6-8-18(25)19(16)24-21(2,3)4/h6-7,10-11,13-14H,5,8H2,1-4H3. The van der Waals surface area contributed by atoms with E-state index >= 15 is 0 Å². The molecule has 0 saturated heterocycles. The van der Waals surface area contributed by atoms with Gasteiger partial charge in [-0.15, -0.1) is 0 Å². The molecule has 0 aliphatic heterocycles. The molecule has 0 saturated carbocycles. The number of rotatable bonds is 3. The van der Waals surface area contributed by atoms with Gasteiger partial charge in [0.2, 0.25) is 0 Å². The van der Waals surface area contributed by atoms with Crippen molar-refractivity contribution in [2.24, 2.45) is 0 Å². The second-order valence-electron chi connectivity index (χ2n) is 6.53. The summed E-state index contributed by atoms with van der Waals surface area (Å²) < 4.78 is 11.0. The van der Waals surface area contributed by atoms with Crippen molar-refractivity contribution in [3.05, 3.63) is 58.9 Å². The van der Waals surface area contributed by atoms with Crippen LogP contribution in [0.15, 0.2) is 47.7 Å². The molecule has 130 valence electrons. The summed E-state index contributed by atoms with van der Waals surface area (Å²) in [7, 11) is 0. The van der Waals surface area contributed by atoms with E-state index in [9.17, 15) is 4.79 Å². The first kappa shape index (κ1) is 19.0. The highest BCUT2D eigenvalue weighted by Crippen LogP contribution is 2.23. The minimum atomic E-state index is -0.335. The number of carbonyl (C=O) groups excluding carboxylic acids is 1. The van der Waals surface area contributed by atoms with Crippen molar-refractivity contribution in [2.45, 2.75) is 39.7 Å². The van der Waals surface area contributed by atoms with Crippen molar-refractivity contribution in [3.63, 3.8) is 0 Å². The molecular formula is C21H22O3S. The van der Waals surface area contributed by atoms with E-state index < -0.39 is 0 Å². The third kappa shape index (κ3) is 5.58. The third-order valence-electron chi connectivity index (χ3n) is 3.23. The molecule has 1 aliphatic rings. The van der Waals surface area contributed by atoms with Crippen LogP contribution in [-0.2, 0) is 9.47 Å². The predicted molar refractivity (Wildman–Crippen MR) is 103 cm³/mol. The summed E-state index contributed by atoms with van der Waals surface area (Å²) in [4.78, 5) is 12.4. The quantitative estimate of drug-likeness (QED) is 0.451. The van der Waals surface area contributed by atoms with Gasteiger partial charge in [0, 0.05) is 12.0 Å². The lowest BCUT2D eigenvalue weighted by Crippen LogP contribution is -2.23.